The second-order valence-electron chi connectivity index (χ2n) is 9.85. The molecule has 2 aromatic heterocycles. The third-order valence-corrected chi connectivity index (χ3v) is 17.0. The van der Waals surface area contributed by atoms with Gasteiger partial charge in [0.2, 0.25) is 0 Å². The van der Waals surface area contributed by atoms with Crippen molar-refractivity contribution in [3.05, 3.63) is 52.7 Å². The number of anilines is 2. The summed E-state index contributed by atoms with van der Waals surface area (Å²) >= 11 is 0.413. The molecular weight excluding hydrogens is 595 g/mol. The molecule has 1 spiro atoms. The number of halogens is 5. The van der Waals surface area contributed by atoms with E-state index in [2.05, 4.69) is 30.7 Å². The fourth-order valence-electron chi connectivity index (χ4n) is 6.05. The summed E-state index contributed by atoms with van der Waals surface area (Å²) in [6.07, 6.45) is -3.39. The maximum absolute atomic E-state index is 14.0. The van der Waals surface area contributed by atoms with E-state index in [0.29, 0.717) is 44.5 Å². The number of nitrogens with zero attached hydrogens (tertiary/aromatic N) is 5. The minimum atomic E-state index is -4.55. The number of hydrogen-bond donors (Lipinski definition) is 1. The van der Waals surface area contributed by atoms with Gasteiger partial charge in [0.05, 0.1) is 0 Å². The van der Waals surface area contributed by atoms with E-state index >= 15 is 0 Å². The van der Waals surface area contributed by atoms with Crippen molar-refractivity contribution in [1.82, 2.24) is 19.1 Å². The van der Waals surface area contributed by atoms with Gasteiger partial charge in [-0.25, -0.2) is 0 Å². The third-order valence-electron chi connectivity index (χ3n) is 7.71. The Labute approximate surface area is 210 Å². The van der Waals surface area contributed by atoms with Crippen LogP contribution in [0.3, 0.4) is 0 Å². The van der Waals surface area contributed by atoms with Gasteiger partial charge in [-0.3, -0.25) is 0 Å². The molecule has 186 valence electrons. The van der Waals surface area contributed by atoms with E-state index in [-0.39, 0.29) is 5.56 Å². The molecule has 3 aromatic rings. The number of rotatable bonds is 4. The topological polar surface area (TPSA) is 58.9 Å². The molecule has 1 aromatic carbocycles. The van der Waals surface area contributed by atoms with Crippen LogP contribution in [0, 0.1) is 18.7 Å². The van der Waals surface area contributed by atoms with Crippen LogP contribution >= 0.6 is 31.4 Å². The number of aromatic nitrogens is 4. The number of benzene rings is 1. The number of nitrogens with one attached hydrogen (secondary N) is 1. The van der Waals surface area contributed by atoms with Crippen molar-refractivity contribution >= 4 is 42.3 Å². The predicted octanol–water partition coefficient (Wildman–Crippen LogP) is 5.27. The first-order valence-corrected chi connectivity index (χ1v) is 16.3. The second-order valence-corrected chi connectivity index (χ2v) is 17.1. The molecule has 3 unspecified atom stereocenters. The Morgan fingerprint density at radius 3 is 2.89 bits per heavy atom. The second kappa shape index (κ2) is 7.53. The van der Waals surface area contributed by atoms with Gasteiger partial charge >= 0.3 is 211 Å². The normalized spacial score (nSPS) is 29.9. The molecule has 6 nitrogen and oxygen atoms in total. The van der Waals surface area contributed by atoms with Gasteiger partial charge in [0.1, 0.15) is 0 Å². The molecule has 4 aliphatic heterocycles. The molecule has 3 fully saturated rings. The van der Waals surface area contributed by atoms with E-state index in [1.54, 1.807) is 16.2 Å². The summed E-state index contributed by atoms with van der Waals surface area (Å²) < 4.78 is 63.5. The SMILES string of the molecule is Cc1cc(N2CC3[C@H](Nc4nc5n(n4)CCCC5c4cc(F)ccc4C(F)(F)F)I4CC34C2)sn1. The van der Waals surface area contributed by atoms with Gasteiger partial charge in [-0.1, -0.05) is 0 Å². The number of fused-ring (bicyclic) bond motifs is 1. The van der Waals surface area contributed by atoms with E-state index in [1.807, 2.05) is 6.92 Å². The molecule has 3 saturated heterocycles. The van der Waals surface area contributed by atoms with Gasteiger partial charge in [0.25, 0.3) is 0 Å². The zero-order valence-electron chi connectivity index (χ0n) is 18.8. The summed E-state index contributed by atoms with van der Waals surface area (Å²) in [6.45, 7) is 4.75. The molecule has 0 radical (unpaired) electrons. The zero-order chi connectivity index (χ0) is 24.1. The van der Waals surface area contributed by atoms with Gasteiger partial charge in [0.15, 0.2) is 0 Å². The summed E-state index contributed by atoms with van der Waals surface area (Å²) in [5, 5.41) is 9.46. The van der Waals surface area contributed by atoms with E-state index < -0.39 is 43.3 Å². The van der Waals surface area contributed by atoms with Crippen molar-refractivity contribution in [2.24, 2.45) is 5.92 Å². The fourth-order valence-corrected chi connectivity index (χ4v) is 16.2. The van der Waals surface area contributed by atoms with E-state index in [0.717, 1.165) is 37.0 Å². The van der Waals surface area contributed by atoms with E-state index in [1.165, 1.54) is 9.43 Å². The van der Waals surface area contributed by atoms with Crippen LogP contribution in [0.15, 0.2) is 24.3 Å². The first-order valence-electron chi connectivity index (χ1n) is 11.6. The predicted molar refractivity (Wildman–Crippen MR) is 134 cm³/mol. The van der Waals surface area contributed by atoms with Crippen LogP contribution in [0.1, 0.15) is 41.4 Å². The average Bonchev–Trinajstić information content (AvgIpc) is 3.14. The molecular formula is C23H23F4IN6S. The molecule has 6 heterocycles. The number of alkyl halides is 6. The van der Waals surface area contributed by atoms with Crippen LogP contribution in [-0.2, 0) is 12.7 Å². The Bertz CT molecular complexity index is 1320. The summed E-state index contributed by atoms with van der Waals surface area (Å²) in [6, 6.07) is 4.87. The molecule has 12 heteroatoms. The van der Waals surface area contributed by atoms with Crippen LogP contribution in [0.25, 0.3) is 0 Å². The average molecular weight is 618 g/mol. The van der Waals surface area contributed by atoms with Gasteiger partial charge in [-0.05, 0) is 0 Å². The number of hydrogen-bond acceptors (Lipinski definition) is 6. The molecule has 1 N–H and O–H groups in total. The van der Waals surface area contributed by atoms with Crippen molar-refractivity contribution in [3.63, 3.8) is 0 Å². The van der Waals surface area contributed by atoms with Gasteiger partial charge < -0.3 is 0 Å². The number of aryl methyl sites for hydroxylation is 2. The Balaban J connectivity index is 1.14. The molecule has 0 bridgehead atoms. The minimum absolute atomic E-state index is 0.0517. The molecule has 4 atom stereocenters. The standard InChI is InChI=1S/C23H23F4IN6S/c1-12-7-18(35-32-12)33-9-17-19(28-10-22(17,28)11-33)29-21-30-20-14(3-2-6-34(20)31-21)15-8-13(24)4-5-16(15)23(25,26)27/h4-5,7-8,14,17,19H,2-3,6,9-11H2,1H3,(H,29,31)/t14?,17?,19-,22?/m0/s1. The van der Waals surface area contributed by atoms with Crippen molar-refractivity contribution in [2.75, 3.05) is 27.7 Å². The fraction of sp³-hybridized carbons (Fsp3) is 0.522. The monoisotopic (exact) mass is 618 g/mol. The molecule has 0 saturated carbocycles. The summed E-state index contributed by atoms with van der Waals surface area (Å²) in [5.74, 6) is 0.263. The third kappa shape index (κ3) is 3.41. The maximum atomic E-state index is 14.0. The first kappa shape index (κ1) is 22.3. The Hall–Kier alpha value is -1.96. The molecule has 7 rings (SSSR count). The summed E-state index contributed by atoms with van der Waals surface area (Å²) in [4.78, 5) is 7.15. The summed E-state index contributed by atoms with van der Waals surface area (Å²) in [5.41, 5.74) is 0.204. The van der Waals surface area contributed by atoms with Crippen LogP contribution < -0.4 is 10.2 Å². The van der Waals surface area contributed by atoms with Crippen LogP contribution in [-0.4, -0.2) is 44.1 Å². The van der Waals surface area contributed by atoms with Crippen LogP contribution in [0.5, 0.6) is 0 Å². The first-order chi connectivity index (χ1) is 16.7. The van der Waals surface area contributed by atoms with Crippen LogP contribution in [0.2, 0.25) is 0 Å². The van der Waals surface area contributed by atoms with Gasteiger partial charge in [-0.2, -0.15) is 0 Å². The zero-order valence-corrected chi connectivity index (χ0v) is 21.8. The van der Waals surface area contributed by atoms with Crippen molar-refractivity contribution in [1.29, 1.82) is 0 Å². The molecule has 0 amide bonds. The van der Waals surface area contributed by atoms with E-state index in [4.69, 9.17) is 0 Å². The van der Waals surface area contributed by atoms with Crippen molar-refractivity contribution in [3.8, 4) is 0 Å². The van der Waals surface area contributed by atoms with Gasteiger partial charge in [-0.15, -0.1) is 0 Å². The Kier molecular flexibility index (Phi) is 4.79. The van der Waals surface area contributed by atoms with Crippen LogP contribution in [0.4, 0.5) is 28.5 Å². The molecule has 35 heavy (non-hydrogen) atoms. The van der Waals surface area contributed by atoms with Gasteiger partial charge in [0, 0.05) is 0 Å². The Morgan fingerprint density at radius 1 is 1.26 bits per heavy atom. The molecule has 0 aliphatic carbocycles. The van der Waals surface area contributed by atoms with Crippen molar-refractivity contribution in [2.45, 2.75) is 45.9 Å². The van der Waals surface area contributed by atoms with E-state index in [9.17, 15) is 17.6 Å². The quantitative estimate of drug-likeness (QED) is 0.187. The van der Waals surface area contributed by atoms with Crippen molar-refractivity contribution < 1.29 is 17.6 Å². The molecule has 4 aliphatic rings. The summed E-state index contributed by atoms with van der Waals surface area (Å²) in [7, 11) is 0. The Morgan fingerprint density at radius 2 is 2.11 bits per heavy atom.